The SMILES string of the molecule is CN1CC=C(c2ccccc2)N1.Nc1ccc(C=Cc2ccccc2)cc1N. The van der Waals surface area contributed by atoms with Crippen LogP contribution in [0.25, 0.3) is 17.8 Å². The molecule has 0 aromatic heterocycles. The number of nitrogens with two attached hydrogens (primary N) is 2. The van der Waals surface area contributed by atoms with Crippen molar-refractivity contribution in [3.05, 3.63) is 102 Å². The number of hydrogen-bond acceptors (Lipinski definition) is 4. The van der Waals surface area contributed by atoms with Crippen LogP contribution < -0.4 is 16.9 Å². The molecule has 0 spiro atoms. The lowest BCUT2D eigenvalue weighted by Gasteiger charge is -2.11. The third kappa shape index (κ3) is 5.50. The number of anilines is 2. The smallest absolute Gasteiger partial charge is 0.0553 e. The fourth-order valence-electron chi connectivity index (χ4n) is 2.78. The van der Waals surface area contributed by atoms with Crippen LogP contribution in [-0.4, -0.2) is 18.6 Å². The summed E-state index contributed by atoms with van der Waals surface area (Å²) < 4.78 is 0. The minimum absolute atomic E-state index is 0.621. The molecule has 0 saturated carbocycles. The standard InChI is InChI=1S/C14H14N2.C10H12N2/c15-13-9-8-12(10-14(13)16)7-6-11-4-2-1-3-5-11;1-12-8-7-10(11-12)9-5-3-2-4-6-9/h1-10H,15-16H2;2-7,11H,8H2,1H3. The quantitative estimate of drug-likeness (QED) is 0.469. The molecule has 5 N–H and O–H groups in total. The van der Waals surface area contributed by atoms with Crippen LogP contribution in [0.4, 0.5) is 11.4 Å². The van der Waals surface area contributed by atoms with E-state index in [1.165, 1.54) is 11.3 Å². The summed E-state index contributed by atoms with van der Waals surface area (Å²) >= 11 is 0. The summed E-state index contributed by atoms with van der Waals surface area (Å²) in [6.45, 7) is 0.976. The van der Waals surface area contributed by atoms with Crippen molar-refractivity contribution in [2.45, 2.75) is 0 Å². The van der Waals surface area contributed by atoms with E-state index in [2.05, 4.69) is 52.9 Å². The van der Waals surface area contributed by atoms with E-state index in [4.69, 9.17) is 11.5 Å². The van der Waals surface area contributed by atoms with Crippen LogP contribution in [0, 0.1) is 0 Å². The molecule has 4 heteroatoms. The van der Waals surface area contributed by atoms with E-state index in [9.17, 15) is 0 Å². The van der Waals surface area contributed by atoms with Crippen LogP contribution in [0.2, 0.25) is 0 Å². The molecule has 0 fully saturated rings. The molecule has 1 heterocycles. The average molecular weight is 371 g/mol. The highest BCUT2D eigenvalue weighted by Gasteiger charge is 2.08. The van der Waals surface area contributed by atoms with E-state index in [1.54, 1.807) is 0 Å². The van der Waals surface area contributed by atoms with Gasteiger partial charge in [-0.15, -0.1) is 0 Å². The molecule has 0 saturated heterocycles. The molecule has 4 rings (SSSR count). The van der Waals surface area contributed by atoms with Crippen molar-refractivity contribution >= 4 is 29.2 Å². The number of nitrogens with zero attached hydrogens (tertiary/aromatic N) is 1. The van der Waals surface area contributed by atoms with E-state index in [0.29, 0.717) is 11.4 Å². The first-order chi connectivity index (χ1) is 13.6. The minimum atomic E-state index is 0.621. The summed E-state index contributed by atoms with van der Waals surface area (Å²) in [5, 5.41) is 2.06. The number of nitrogens with one attached hydrogen (secondary N) is 1. The van der Waals surface area contributed by atoms with Crippen LogP contribution in [0.3, 0.4) is 0 Å². The number of hydrazine groups is 1. The Labute approximate surface area is 166 Å². The second-order valence-corrected chi connectivity index (χ2v) is 6.61. The van der Waals surface area contributed by atoms with E-state index in [0.717, 1.165) is 17.7 Å². The zero-order valence-electron chi connectivity index (χ0n) is 16.0. The highest BCUT2D eigenvalue weighted by Crippen LogP contribution is 2.18. The number of rotatable bonds is 3. The van der Waals surface area contributed by atoms with Crippen molar-refractivity contribution in [2.75, 3.05) is 25.1 Å². The number of benzene rings is 3. The highest BCUT2D eigenvalue weighted by atomic mass is 15.5. The Balaban J connectivity index is 0.000000167. The fourth-order valence-corrected chi connectivity index (χ4v) is 2.78. The van der Waals surface area contributed by atoms with Crippen molar-refractivity contribution in [3.63, 3.8) is 0 Å². The van der Waals surface area contributed by atoms with Gasteiger partial charge in [0.2, 0.25) is 0 Å². The second-order valence-electron chi connectivity index (χ2n) is 6.61. The monoisotopic (exact) mass is 370 g/mol. The maximum Gasteiger partial charge on any atom is 0.0553 e. The van der Waals surface area contributed by atoms with Gasteiger partial charge < -0.3 is 16.9 Å². The van der Waals surface area contributed by atoms with E-state index < -0.39 is 0 Å². The van der Waals surface area contributed by atoms with Gasteiger partial charge in [0.1, 0.15) is 0 Å². The third-order valence-corrected chi connectivity index (χ3v) is 4.34. The molecule has 0 bridgehead atoms. The zero-order chi connectivity index (χ0) is 19.8. The average Bonchev–Trinajstić information content (AvgIpc) is 3.17. The summed E-state index contributed by atoms with van der Waals surface area (Å²) in [5.74, 6) is 0. The molecule has 142 valence electrons. The lowest BCUT2D eigenvalue weighted by Crippen LogP contribution is -2.26. The molecule has 1 aliphatic heterocycles. The number of hydrogen-bond donors (Lipinski definition) is 3. The Hall–Kier alpha value is -3.50. The highest BCUT2D eigenvalue weighted by molar-refractivity contribution is 5.74. The molecule has 1 aliphatic rings. The van der Waals surface area contributed by atoms with Crippen molar-refractivity contribution in [3.8, 4) is 0 Å². The van der Waals surface area contributed by atoms with Crippen molar-refractivity contribution in [1.29, 1.82) is 0 Å². The molecule has 0 unspecified atom stereocenters. The molecule has 4 nitrogen and oxygen atoms in total. The van der Waals surface area contributed by atoms with Gasteiger partial charge in [0.15, 0.2) is 0 Å². The van der Waals surface area contributed by atoms with Gasteiger partial charge >= 0.3 is 0 Å². The van der Waals surface area contributed by atoms with Gasteiger partial charge in [-0.2, -0.15) is 0 Å². The normalized spacial score (nSPS) is 13.5. The molecule has 0 atom stereocenters. The molecule has 0 radical (unpaired) electrons. The van der Waals surface area contributed by atoms with Crippen molar-refractivity contribution in [2.24, 2.45) is 0 Å². The first-order valence-electron chi connectivity index (χ1n) is 9.23. The predicted octanol–water partition coefficient (Wildman–Crippen LogP) is 4.50. The minimum Gasteiger partial charge on any atom is -0.397 e. The van der Waals surface area contributed by atoms with Gasteiger partial charge in [-0.05, 0) is 34.9 Å². The molecule has 3 aromatic carbocycles. The predicted molar refractivity (Wildman–Crippen MR) is 121 cm³/mol. The molecular weight excluding hydrogens is 344 g/mol. The number of nitrogen functional groups attached to an aromatic ring is 2. The van der Waals surface area contributed by atoms with Crippen LogP contribution in [0.1, 0.15) is 16.7 Å². The van der Waals surface area contributed by atoms with Gasteiger partial charge in [0.05, 0.1) is 17.1 Å². The second kappa shape index (κ2) is 9.44. The molecule has 3 aromatic rings. The van der Waals surface area contributed by atoms with E-state index >= 15 is 0 Å². The van der Waals surface area contributed by atoms with Gasteiger partial charge in [-0.25, -0.2) is 5.01 Å². The molecular formula is C24H26N4. The van der Waals surface area contributed by atoms with Crippen molar-refractivity contribution < 1.29 is 0 Å². The van der Waals surface area contributed by atoms with Gasteiger partial charge in [0.25, 0.3) is 0 Å². The summed E-state index contributed by atoms with van der Waals surface area (Å²) in [5.41, 5.74) is 20.6. The third-order valence-electron chi connectivity index (χ3n) is 4.34. The van der Waals surface area contributed by atoms with Gasteiger partial charge in [-0.3, -0.25) is 0 Å². The molecule has 0 amide bonds. The lowest BCUT2D eigenvalue weighted by atomic mass is 10.1. The Morgan fingerprint density at radius 3 is 2.04 bits per heavy atom. The Bertz CT molecular complexity index is 947. The topological polar surface area (TPSA) is 67.3 Å². The summed E-state index contributed by atoms with van der Waals surface area (Å²) in [6, 6.07) is 26.1. The largest absolute Gasteiger partial charge is 0.397 e. The zero-order valence-corrected chi connectivity index (χ0v) is 16.0. The Morgan fingerprint density at radius 2 is 1.43 bits per heavy atom. The lowest BCUT2D eigenvalue weighted by molar-refractivity contribution is 0.338. The maximum atomic E-state index is 5.73. The van der Waals surface area contributed by atoms with Crippen LogP contribution in [-0.2, 0) is 0 Å². The number of likely N-dealkylation sites (N-methyl/N-ethyl adjacent to an activating group) is 1. The van der Waals surface area contributed by atoms with Gasteiger partial charge in [0, 0.05) is 13.6 Å². The summed E-state index contributed by atoms with van der Waals surface area (Å²) in [7, 11) is 2.03. The fraction of sp³-hybridized carbons (Fsp3) is 0.0833. The van der Waals surface area contributed by atoms with Crippen LogP contribution in [0.15, 0.2) is 84.9 Å². The first-order valence-corrected chi connectivity index (χ1v) is 9.23. The summed E-state index contributed by atoms with van der Waals surface area (Å²) in [4.78, 5) is 0. The summed E-state index contributed by atoms with van der Waals surface area (Å²) in [6.07, 6.45) is 6.26. The van der Waals surface area contributed by atoms with Crippen LogP contribution in [0.5, 0.6) is 0 Å². The van der Waals surface area contributed by atoms with Crippen LogP contribution >= 0.6 is 0 Å². The first kappa shape index (κ1) is 19.3. The van der Waals surface area contributed by atoms with E-state index in [-0.39, 0.29) is 0 Å². The van der Waals surface area contributed by atoms with Gasteiger partial charge in [-0.1, -0.05) is 78.9 Å². The van der Waals surface area contributed by atoms with E-state index in [1.807, 2.05) is 61.7 Å². The Morgan fingerprint density at radius 1 is 0.786 bits per heavy atom. The molecule has 0 aliphatic carbocycles. The van der Waals surface area contributed by atoms with Crippen molar-refractivity contribution in [1.82, 2.24) is 10.4 Å². The maximum absolute atomic E-state index is 5.73. The molecule has 28 heavy (non-hydrogen) atoms. The Kier molecular flexibility index (Phi) is 6.50.